The largest absolute Gasteiger partial charge is 0.392 e. The predicted octanol–water partition coefficient (Wildman–Crippen LogP) is 2.32. The summed E-state index contributed by atoms with van der Waals surface area (Å²) < 4.78 is 5.52. The molecule has 3 nitrogen and oxygen atoms in total. The average molecular weight is 255 g/mol. The topological polar surface area (TPSA) is 55.5 Å². The molecule has 106 valence electrons. The Hall–Kier alpha value is -0.120. The summed E-state index contributed by atoms with van der Waals surface area (Å²) in [6.07, 6.45) is 6.37. The first kappa shape index (κ1) is 14.3. The van der Waals surface area contributed by atoms with E-state index in [1.54, 1.807) is 0 Å². The highest BCUT2D eigenvalue weighted by Crippen LogP contribution is 2.48. The lowest BCUT2D eigenvalue weighted by Crippen LogP contribution is -2.50. The standard InChI is InChI=1S/C15H29NO2/c1-14(2)5-7-15(11-16,8-6-14)13(17)12-4-3-9-18-10-12/h12-13,17H,3-11,16H2,1-2H3. The molecule has 0 amide bonds. The lowest BCUT2D eigenvalue weighted by Gasteiger charge is -2.48. The monoisotopic (exact) mass is 255 g/mol. The molecule has 3 heteroatoms. The van der Waals surface area contributed by atoms with Crippen LogP contribution in [-0.2, 0) is 4.74 Å². The molecule has 3 N–H and O–H groups in total. The molecule has 1 saturated heterocycles. The molecule has 1 heterocycles. The second kappa shape index (κ2) is 5.48. The quantitative estimate of drug-likeness (QED) is 0.813. The fraction of sp³-hybridized carbons (Fsp3) is 1.00. The average Bonchev–Trinajstić information content (AvgIpc) is 2.40. The van der Waals surface area contributed by atoms with Crippen molar-refractivity contribution < 1.29 is 9.84 Å². The van der Waals surface area contributed by atoms with E-state index in [1.165, 1.54) is 12.8 Å². The van der Waals surface area contributed by atoms with Gasteiger partial charge in [0, 0.05) is 24.5 Å². The van der Waals surface area contributed by atoms with Crippen molar-refractivity contribution in [1.82, 2.24) is 0 Å². The first-order valence-corrected chi connectivity index (χ1v) is 7.45. The van der Waals surface area contributed by atoms with E-state index < -0.39 is 0 Å². The number of nitrogens with two attached hydrogens (primary N) is 1. The van der Waals surface area contributed by atoms with Crippen LogP contribution in [0.2, 0.25) is 0 Å². The normalized spacial score (nSPS) is 33.0. The van der Waals surface area contributed by atoms with Crippen LogP contribution in [0.4, 0.5) is 0 Å². The zero-order chi connectivity index (χ0) is 13.2. The Morgan fingerprint density at radius 2 is 1.94 bits per heavy atom. The van der Waals surface area contributed by atoms with Gasteiger partial charge in [-0.1, -0.05) is 13.8 Å². The highest BCUT2D eigenvalue weighted by atomic mass is 16.5. The molecule has 2 rings (SSSR count). The van der Waals surface area contributed by atoms with Gasteiger partial charge in [0.2, 0.25) is 0 Å². The van der Waals surface area contributed by atoms with Crippen molar-refractivity contribution in [3.05, 3.63) is 0 Å². The Labute approximate surface area is 111 Å². The van der Waals surface area contributed by atoms with Crippen molar-refractivity contribution in [2.45, 2.75) is 58.5 Å². The highest BCUT2D eigenvalue weighted by Gasteiger charge is 2.45. The number of hydrogen-bond acceptors (Lipinski definition) is 3. The lowest BCUT2D eigenvalue weighted by molar-refractivity contribution is -0.0905. The fourth-order valence-corrected chi connectivity index (χ4v) is 3.56. The van der Waals surface area contributed by atoms with Gasteiger partial charge in [0.25, 0.3) is 0 Å². The van der Waals surface area contributed by atoms with E-state index in [0.29, 0.717) is 24.5 Å². The summed E-state index contributed by atoms with van der Waals surface area (Å²) in [4.78, 5) is 0. The molecular weight excluding hydrogens is 226 g/mol. The van der Waals surface area contributed by atoms with Crippen molar-refractivity contribution in [3.8, 4) is 0 Å². The van der Waals surface area contributed by atoms with Gasteiger partial charge in [-0.2, -0.15) is 0 Å². The van der Waals surface area contributed by atoms with Crippen molar-refractivity contribution in [2.24, 2.45) is 22.5 Å². The number of ether oxygens (including phenoxy) is 1. The van der Waals surface area contributed by atoms with Crippen LogP contribution in [0.1, 0.15) is 52.4 Å². The van der Waals surface area contributed by atoms with Crippen molar-refractivity contribution >= 4 is 0 Å². The summed E-state index contributed by atoms with van der Waals surface area (Å²) in [5.41, 5.74) is 6.40. The van der Waals surface area contributed by atoms with E-state index in [1.807, 2.05) is 0 Å². The minimum Gasteiger partial charge on any atom is -0.392 e. The first-order valence-electron chi connectivity index (χ1n) is 7.45. The number of rotatable bonds is 3. The van der Waals surface area contributed by atoms with E-state index in [4.69, 9.17) is 10.5 Å². The van der Waals surface area contributed by atoms with E-state index in [0.717, 1.165) is 32.3 Å². The molecule has 2 fully saturated rings. The van der Waals surface area contributed by atoms with Gasteiger partial charge in [-0.25, -0.2) is 0 Å². The predicted molar refractivity (Wildman–Crippen MR) is 73.3 cm³/mol. The minimum absolute atomic E-state index is 0.0547. The molecule has 2 aliphatic rings. The summed E-state index contributed by atoms with van der Waals surface area (Å²) in [6, 6.07) is 0. The molecule has 18 heavy (non-hydrogen) atoms. The van der Waals surface area contributed by atoms with Gasteiger partial charge in [-0.05, 0) is 43.9 Å². The summed E-state index contributed by atoms with van der Waals surface area (Å²) in [7, 11) is 0. The lowest BCUT2D eigenvalue weighted by atomic mass is 9.60. The maximum absolute atomic E-state index is 10.8. The molecule has 0 radical (unpaired) electrons. The molecule has 0 spiro atoms. The third-order valence-corrected chi connectivity index (χ3v) is 5.28. The summed E-state index contributed by atoms with van der Waals surface area (Å²) >= 11 is 0. The Morgan fingerprint density at radius 3 is 2.44 bits per heavy atom. The molecule has 2 atom stereocenters. The highest BCUT2D eigenvalue weighted by molar-refractivity contribution is 4.96. The summed E-state index contributed by atoms with van der Waals surface area (Å²) in [5, 5.41) is 10.8. The van der Waals surface area contributed by atoms with Crippen LogP contribution >= 0.6 is 0 Å². The third-order valence-electron chi connectivity index (χ3n) is 5.28. The second-order valence-electron chi connectivity index (χ2n) is 7.15. The SMILES string of the molecule is CC1(C)CCC(CN)(C(O)C2CCCOC2)CC1. The number of aliphatic hydroxyl groups excluding tert-OH is 1. The van der Waals surface area contributed by atoms with Gasteiger partial charge in [0.05, 0.1) is 12.7 Å². The van der Waals surface area contributed by atoms with Crippen molar-refractivity contribution in [3.63, 3.8) is 0 Å². The Balaban J connectivity index is 2.02. The van der Waals surface area contributed by atoms with Crippen LogP contribution in [0.3, 0.4) is 0 Å². The maximum Gasteiger partial charge on any atom is 0.0658 e. The van der Waals surface area contributed by atoms with E-state index in [2.05, 4.69) is 13.8 Å². The molecule has 1 aliphatic carbocycles. The second-order valence-corrected chi connectivity index (χ2v) is 7.15. The van der Waals surface area contributed by atoms with Gasteiger partial charge < -0.3 is 15.6 Å². The first-order chi connectivity index (χ1) is 8.49. The van der Waals surface area contributed by atoms with Gasteiger partial charge in [0.1, 0.15) is 0 Å². The molecule has 1 saturated carbocycles. The van der Waals surface area contributed by atoms with Gasteiger partial charge in [-0.3, -0.25) is 0 Å². The van der Waals surface area contributed by atoms with Crippen molar-refractivity contribution in [1.29, 1.82) is 0 Å². The Morgan fingerprint density at radius 1 is 1.28 bits per heavy atom. The third kappa shape index (κ3) is 2.89. The van der Waals surface area contributed by atoms with Gasteiger partial charge >= 0.3 is 0 Å². The van der Waals surface area contributed by atoms with Gasteiger partial charge in [-0.15, -0.1) is 0 Å². The number of hydrogen-bond donors (Lipinski definition) is 2. The Kier molecular flexibility index (Phi) is 4.35. The molecular formula is C15H29NO2. The van der Waals surface area contributed by atoms with Crippen LogP contribution in [0.5, 0.6) is 0 Å². The molecule has 2 unspecified atom stereocenters. The summed E-state index contributed by atoms with van der Waals surface area (Å²) in [6.45, 7) is 6.83. The van der Waals surface area contributed by atoms with Crippen LogP contribution in [0.15, 0.2) is 0 Å². The van der Waals surface area contributed by atoms with Crippen LogP contribution < -0.4 is 5.73 Å². The molecule has 0 aromatic heterocycles. The summed E-state index contributed by atoms with van der Waals surface area (Å²) in [5.74, 6) is 0.295. The van der Waals surface area contributed by atoms with Crippen LogP contribution in [-0.4, -0.2) is 31.0 Å². The van der Waals surface area contributed by atoms with E-state index in [9.17, 15) is 5.11 Å². The zero-order valence-electron chi connectivity index (χ0n) is 12.0. The molecule has 0 aromatic rings. The molecule has 1 aliphatic heterocycles. The van der Waals surface area contributed by atoms with Crippen LogP contribution in [0, 0.1) is 16.7 Å². The Bertz CT molecular complexity index is 262. The molecule has 0 aromatic carbocycles. The zero-order valence-corrected chi connectivity index (χ0v) is 12.0. The van der Waals surface area contributed by atoms with E-state index >= 15 is 0 Å². The molecule has 0 bridgehead atoms. The van der Waals surface area contributed by atoms with E-state index in [-0.39, 0.29) is 11.5 Å². The number of aliphatic hydroxyl groups is 1. The smallest absolute Gasteiger partial charge is 0.0658 e. The minimum atomic E-state index is -0.279. The van der Waals surface area contributed by atoms with Crippen molar-refractivity contribution in [2.75, 3.05) is 19.8 Å². The van der Waals surface area contributed by atoms with Gasteiger partial charge in [0.15, 0.2) is 0 Å². The van der Waals surface area contributed by atoms with Crippen LogP contribution in [0.25, 0.3) is 0 Å². The fourth-order valence-electron chi connectivity index (χ4n) is 3.56. The maximum atomic E-state index is 10.8.